The van der Waals surface area contributed by atoms with Crippen molar-refractivity contribution in [1.29, 1.82) is 0 Å². The number of hydrogen-bond acceptors (Lipinski definition) is 1. The van der Waals surface area contributed by atoms with Crippen LogP contribution in [-0.4, -0.2) is 6.10 Å². The van der Waals surface area contributed by atoms with E-state index in [2.05, 4.69) is 37.4 Å². The predicted octanol–water partition coefficient (Wildman–Crippen LogP) is 3.09. The molecule has 1 aromatic rings. The van der Waals surface area contributed by atoms with Gasteiger partial charge in [0.15, 0.2) is 0 Å². The van der Waals surface area contributed by atoms with Gasteiger partial charge in [-0.05, 0) is 18.4 Å². The molecule has 0 saturated carbocycles. The maximum absolute atomic E-state index is 5.38. The minimum Gasteiger partial charge on any atom is -0.486 e. The van der Waals surface area contributed by atoms with Crippen molar-refractivity contribution in [3.05, 3.63) is 60.4 Å². The Morgan fingerprint density at radius 1 is 1.14 bits per heavy atom. The third-order valence-electron chi connectivity index (χ3n) is 2.57. The molecular weight excluding hydrogens is 172 g/mol. The summed E-state index contributed by atoms with van der Waals surface area (Å²) in [6.07, 6.45) is 2.24. The minimum absolute atomic E-state index is 0.197. The van der Waals surface area contributed by atoms with E-state index >= 15 is 0 Å². The summed E-state index contributed by atoms with van der Waals surface area (Å²) in [5, 5.41) is 0. The van der Waals surface area contributed by atoms with Crippen LogP contribution in [0.25, 0.3) is 0 Å². The molecule has 2 rings (SSSR count). The molecule has 1 nitrogen and oxygen atoms in total. The van der Waals surface area contributed by atoms with Crippen molar-refractivity contribution in [3.8, 4) is 0 Å². The van der Waals surface area contributed by atoms with Crippen molar-refractivity contribution in [2.75, 3.05) is 0 Å². The van der Waals surface area contributed by atoms with Gasteiger partial charge < -0.3 is 4.74 Å². The van der Waals surface area contributed by atoms with Gasteiger partial charge in [0.05, 0.1) is 0 Å². The van der Waals surface area contributed by atoms with Gasteiger partial charge in [-0.15, -0.1) is 0 Å². The maximum atomic E-state index is 5.38. The molecule has 1 heteroatoms. The lowest BCUT2D eigenvalue weighted by molar-refractivity contribution is 0.0783. The Labute approximate surface area is 84.7 Å². The summed E-state index contributed by atoms with van der Waals surface area (Å²) in [6.45, 7) is 7.64. The summed E-state index contributed by atoms with van der Waals surface area (Å²) in [5.41, 5.74) is 2.40. The molecule has 0 spiro atoms. The van der Waals surface area contributed by atoms with Crippen molar-refractivity contribution >= 4 is 0 Å². The first-order valence-corrected chi connectivity index (χ1v) is 4.86. The Kier molecular flexibility index (Phi) is 2.40. The molecule has 72 valence electrons. The van der Waals surface area contributed by atoms with E-state index in [-0.39, 0.29) is 6.10 Å². The highest BCUT2D eigenvalue weighted by Crippen LogP contribution is 2.31. The van der Waals surface area contributed by atoms with Gasteiger partial charge in [-0.25, -0.2) is 0 Å². The van der Waals surface area contributed by atoms with Crippen LogP contribution < -0.4 is 0 Å². The summed E-state index contributed by atoms with van der Waals surface area (Å²) in [4.78, 5) is 0. The first-order valence-electron chi connectivity index (χ1n) is 4.86. The fourth-order valence-corrected chi connectivity index (χ4v) is 1.62. The summed E-state index contributed by atoms with van der Waals surface area (Å²) in [6, 6.07) is 10.4. The van der Waals surface area contributed by atoms with E-state index in [0.717, 1.165) is 24.2 Å². The van der Waals surface area contributed by atoms with Crippen LogP contribution in [0.2, 0.25) is 0 Å². The third-order valence-corrected chi connectivity index (χ3v) is 2.57. The highest BCUT2D eigenvalue weighted by molar-refractivity contribution is 5.32. The lowest BCUT2D eigenvalue weighted by atomic mass is 9.97. The molecule has 0 bridgehead atoms. The normalized spacial score (nSPS) is 20.1. The number of aryl methyl sites for hydroxylation is 1. The number of hydrogen-bond donors (Lipinski definition) is 0. The molecule has 1 saturated heterocycles. The molecule has 1 atom stereocenters. The number of benzene rings is 1. The highest BCUT2D eigenvalue weighted by atomic mass is 16.5. The highest BCUT2D eigenvalue weighted by Gasteiger charge is 2.27. The molecule has 0 amide bonds. The summed E-state index contributed by atoms with van der Waals surface area (Å²) >= 11 is 0. The first-order chi connectivity index (χ1) is 6.77. The Bertz CT molecular complexity index is 351. The standard InChI is InChI=1S/C13H14O/c1-10-11(2)14-13(10)9-8-12-6-4-3-5-7-12/h3-7,13H,1-2,8-9H2. The van der Waals surface area contributed by atoms with Crippen molar-refractivity contribution < 1.29 is 4.74 Å². The van der Waals surface area contributed by atoms with Crippen LogP contribution in [-0.2, 0) is 11.2 Å². The van der Waals surface area contributed by atoms with E-state index in [1.165, 1.54) is 5.56 Å². The number of ether oxygens (including phenoxy) is 1. The van der Waals surface area contributed by atoms with E-state index in [1.807, 2.05) is 6.07 Å². The van der Waals surface area contributed by atoms with E-state index < -0.39 is 0 Å². The van der Waals surface area contributed by atoms with Gasteiger partial charge >= 0.3 is 0 Å². The van der Waals surface area contributed by atoms with Crippen LogP contribution in [0.1, 0.15) is 12.0 Å². The second-order valence-corrected chi connectivity index (χ2v) is 3.58. The topological polar surface area (TPSA) is 9.23 Å². The average Bonchev–Trinajstić information content (AvgIpc) is 2.25. The summed E-state index contributed by atoms with van der Waals surface area (Å²) < 4.78 is 5.38. The average molecular weight is 186 g/mol. The minimum atomic E-state index is 0.197. The third kappa shape index (κ3) is 1.72. The predicted molar refractivity (Wildman–Crippen MR) is 57.9 cm³/mol. The molecule has 1 aromatic carbocycles. The fraction of sp³-hybridized carbons (Fsp3) is 0.231. The molecule has 1 unspecified atom stereocenters. The lowest BCUT2D eigenvalue weighted by Crippen LogP contribution is -2.27. The van der Waals surface area contributed by atoms with Gasteiger partial charge in [0.25, 0.3) is 0 Å². The van der Waals surface area contributed by atoms with Gasteiger partial charge in [0.2, 0.25) is 0 Å². The van der Waals surface area contributed by atoms with E-state index in [1.54, 1.807) is 0 Å². The zero-order valence-electron chi connectivity index (χ0n) is 8.20. The molecule has 0 N–H and O–H groups in total. The molecule has 0 aromatic heterocycles. The molecule has 1 fully saturated rings. The van der Waals surface area contributed by atoms with Crippen LogP contribution in [0.5, 0.6) is 0 Å². The first kappa shape index (κ1) is 9.07. The Balaban J connectivity index is 1.84. The molecule has 0 radical (unpaired) electrons. The van der Waals surface area contributed by atoms with Gasteiger partial charge in [-0.3, -0.25) is 0 Å². The Morgan fingerprint density at radius 3 is 2.43 bits per heavy atom. The lowest BCUT2D eigenvalue weighted by Gasteiger charge is -2.32. The molecule has 1 heterocycles. The second-order valence-electron chi connectivity index (χ2n) is 3.58. The van der Waals surface area contributed by atoms with E-state index in [9.17, 15) is 0 Å². The Hall–Kier alpha value is -1.50. The van der Waals surface area contributed by atoms with E-state index in [0.29, 0.717) is 0 Å². The van der Waals surface area contributed by atoms with Crippen molar-refractivity contribution in [2.24, 2.45) is 0 Å². The van der Waals surface area contributed by atoms with Gasteiger partial charge in [-0.1, -0.05) is 43.5 Å². The molecule has 14 heavy (non-hydrogen) atoms. The quantitative estimate of drug-likeness (QED) is 0.704. The van der Waals surface area contributed by atoms with Crippen LogP contribution >= 0.6 is 0 Å². The molecule has 1 aliphatic rings. The van der Waals surface area contributed by atoms with E-state index in [4.69, 9.17) is 4.74 Å². The second kappa shape index (κ2) is 3.70. The maximum Gasteiger partial charge on any atom is 0.127 e. The number of rotatable bonds is 3. The molecular formula is C13H14O. The summed E-state index contributed by atoms with van der Waals surface area (Å²) in [7, 11) is 0. The smallest absolute Gasteiger partial charge is 0.127 e. The van der Waals surface area contributed by atoms with Gasteiger partial charge in [0, 0.05) is 5.57 Å². The van der Waals surface area contributed by atoms with Crippen LogP contribution in [0.15, 0.2) is 54.8 Å². The SMILES string of the molecule is C=C1OC(CCc2ccccc2)C1=C. The molecule has 1 aliphatic heterocycles. The van der Waals surface area contributed by atoms with Crippen LogP contribution in [0.3, 0.4) is 0 Å². The van der Waals surface area contributed by atoms with Gasteiger partial charge in [0.1, 0.15) is 11.9 Å². The Morgan fingerprint density at radius 2 is 1.86 bits per heavy atom. The molecule has 0 aliphatic carbocycles. The van der Waals surface area contributed by atoms with Crippen molar-refractivity contribution in [3.63, 3.8) is 0 Å². The summed E-state index contributed by atoms with van der Waals surface area (Å²) in [5.74, 6) is 0.753. The zero-order chi connectivity index (χ0) is 9.97. The zero-order valence-corrected chi connectivity index (χ0v) is 8.20. The van der Waals surface area contributed by atoms with Crippen LogP contribution in [0.4, 0.5) is 0 Å². The van der Waals surface area contributed by atoms with Crippen molar-refractivity contribution in [1.82, 2.24) is 0 Å². The van der Waals surface area contributed by atoms with Crippen LogP contribution in [0, 0.1) is 0 Å². The van der Waals surface area contributed by atoms with Gasteiger partial charge in [-0.2, -0.15) is 0 Å². The monoisotopic (exact) mass is 186 g/mol. The largest absolute Gasteiger partial charge is 0.486 e. The van der Waals surface area contributed by atoms with Crippen molar-refractivity contribution in [2.45, 2.75) is 18.9 Å². The fourth-order valence-electron chi connectivity index (χ4n) is 1.62.